The summed E-state index contributed by atoms with van der Waals surface area (Å²) in [5.74, 6) is 1.22. The number of anilines is 1. The highest BCUT2D eigenvalue weighted by molar-refractivity contribution is 5.41. The molecule has 1 aliphatic carbocycles. The molecule has 4 nitrogen and oxygen atoms in total. The molecule has 0 aromatic carbocycles. The predicted molar refractivity (Wildman–Crippen MR) is 58.8 cm³/mol. The van der Waals surface area contributed by atoms with Crippen molar-refractivity contribution in [2.45, 2.75) is 38.1 Å². The molecule has 82 valence electrons. The fraction of sp³-hybridized carbons (Fsp3) is 0.636. The molecule has 2 N–H and O–H groups in total. The molecule has 1 heterocycles. The largest absolute Gasteiger partial charge is 0.394 e. The smallest absolute Gasteiger partial charge is 0.130 e. The lowest BCUT2D eigenvalue weighted by Gasteiger charge is -2.15. The van der Waals surface area contributed by atoms with Crippen molar-refractivity contribution < 1.29 is 5.11 Å². The maximum Gasteiger partial charge on any atom is 0.130 e. The Morgan fingerprint density at radius 3 is 2.73 bits per heavy atom. The maximum atomic E-state index is 9.19. The molecule has 1 saturated carbocycles. The van der Waals surface area contributed by atoms with Crippen LogP contribution in [0.2, 0.25) is 0 Å². The van der Waals surface area contributed by atoms with Crippen LogP contribution in [-0.2, 0) is 0 Å². The van der Waals surface area contributed by atoms with Crippen molar-refractivity contribution >= 4 is 5.82 Å². The third-order valence-electron chi connectivity index (χ3n) is 2.83. The number of nitrogens with zero attached hydrogens (tertiary/aromatic N) is 2. The monoisotopic (exact) mass is 207 g/mol. The SMILES string of the molecule is CC(C)c1cc(NC2(CO)CC2)ncn1. The van der Waals surface area contributed by atoms with E-state index >= 15 is 0 Å². The summed E-state index contributed by atoms with van der Waals surface area (Å²) in [6.45, 7) is 4.38. The Labute approximate surface area is 89.8 Å². The summed E-state index contributed by atoms with van der Waals surface area (Å²) in [5.41, 5.74) is 0.920. The van der Waals surface area contributed by atoms with Gasteiger partial charge in [-0.2, -0.15) is 0 Å². The van der Waals surface area contributed by atoms with Crippen LogP contribution >= 0.6 is 0 Å². The van der Waals surface area contributed by atoms with Crippen molar-refractivity contribution in [3.05, 3.63) is 18.1 Å². The van der Waals surface area contributed by atoms with Gasteiger partial charge in [0.25, 0.3) is 0 Å². The highest BCUT2D eigenvalue weighted by Crippen LogP contribution is 2.37. The fourth-order valence-electron chi connectivity index (χ4n) is 1.50. The Balaban J connectivity index is 2.11. The summed E-state index contributed by atoms with van der Waals surface area (Å²) in [7, 11) is 0. The molecule has 0 atom stereocenters. The molecule has 1 aromatic heterocycles. The average molecular weight is 207 g/mol. The van der Waals surface area contributed by atoms with E-state index in [9.17, 15) is 5.11 Å². The van der Waals surface area contributed by atoms with Gasteiger partial charge < -0.3 is 10.4 Å². The van der Waals surface area contributed by atoms with Crippen LogP contribution in [0.25, 0.3) is 0 Å². The Hall–Kier alpha value is -1.16. The van der Waals surface area contributed by atoms with E-state index in [0.717, 1.165) is 24.4 Å². The summed E-state index contributed by atoms with van der Waals surface area (Å²) in [4.78, 5) is 8.36. The first-order valence-corrected chi connectivity index (χ1v) is 5.36. The third-order valence-corrected chi connectivity index (χ3v) is 2.83. The summed E-state index contributed by atoms with van der Waals surface area (Å²) in [6, 6.07) is 1.96. The minimum Gasteiger partial charge on any atom is -0.394 e. The zero-order valence-electron chi connectivity index (χ0n) is 9.20. The Morgan fingerprint density at radius 1 is 1.47 bits per heavy atom. The van der Waals surface area contributed by atoms with E-state index in [-0.39, 0.29) is 12.1 Å². The first-order chi connectivity index (χ1) is 7.15. The van der Waals surface area contributed by atoms with Gasteiger partial charge in [0.2, 0.25) is 0 Å². The minimum atomic E-state index is -0.109. The molecule has 1 fully saturated rings. The normalized spacial score (nSPS) is 17.9. The standard InChI is InChI=1S/C11H17N3O/c1-8(2)9-5-10(13-7-12-9)14-11(6-15)3-4-11/h5,7-8,15H,3-4,6H2,1-2H3,(H,12,13,14). The lowest BCUT2D eigenvalue weighted by atomic mass is 10.1. The quantitative estimate of drug-likeness (QED) is 0.786. The van der Waals surface area contributed by atoms with Crippen molar-refractivity contribution in [1.29, 1.82) is 0 Å². The van der Waals surface area contributed by atoms with Crippen molar-refractivity contribution in [1.82, 2.24) is 9.97 Å². The van der Waals surface area contributed by atoms with Crippen LogP contribution in [0.15, 0.2) is 12.4 Å². The van der Waals surface area contributed by atoms with Gasteiger partial charge >= 0.3 is 0 Å². The van der Waals surface area contributed by atoms with Crippen LogP contribution in [0.4, 0.5) is 5.82 Å². The zero-order chi connectivity index (χ0) is 10.9. The van der Waals surface area contributed by atoms with Crippen LogP contribution in [0.5, 0.6) is 0 Å². The molecule has 15 heavy (non-hydrogen) atoms. The minimum absolute atomic E-state index is 0.109. The number of aliphatic hydroxyl groups excluding tert-OH is 1. The molecule has 0 saturated heterocycles. The van der Waals surface area contributed by atoms with Crippen molar-refractivity contribution in [3.8, 4) is 0 Å². The van der Waals surface area contributed by atoms with E-state index in [0.29, 0.717) is 5.92 Å². The van der Waals surface area contributed by atoms with Gasteiger partial charge in [0, 0.05) is 11.8 Å². The summed E-state index contributed by atoms with van der Waals surface area (Å²) in [6.07, 6.45) is 3.61. The topological polar surface area (TPSA) is 58.0 Å². The number of aromatic nitrogens is 2. The second-order valence-electron chi connectivity index (χ2n) is 4.55. The Bertz CT molecular complexity index is 347. The van der Waals surface area contributed by atoms with Crippen molar-refractivity contribution in [2.24, 2.45) is 0 Å². The van der Waals surface area contributed by atoms with E-state index in [1.165, 1.54) is 0 Å². The van der Waals surface area contributed by atoms with Crippen LogP contribution in [0, 0.1) is 0 Å². The van der Waals surface area contributed by atoms with Gasteiger partial charge in [0.15, 0.2) is 0 Å². The lowest BCUT2D eigenvalue weighted by Crippen LogP contribution is -2.26. The number of hydrogen-bond acceptors (Lipinski definition) is 4. The molecule has 0 bridgehead atoms. The molecule has 1 aliphatic rings. The van der Waals surface area contributed by atoms with Crippen LogP contribution < -0.4 is 5.32 Å². The zero-order valence-corrected chi connectivity index (χ0v) is 9.20. The lowest BCUT2D eigenvalue weighted by molar-refractivity contribution is 0.266. The van der Waals surface area contributed by atoms with Crippen LogP contribution in [0.3, 0.4) is 0 Å². The van der Waals surface area contributed by atoms with Crippen LogP contribution in [0.1, 0.15) is 38.3 Å². The van der Waals surface area contributed by atoms with Gasteiger partial charge in [0.05, 0.1) is 12.1 Å². The van der Waals surface area contributed by atoms with Crippen LogP contribution in [-0.4, -0.2) is 27.2 Å². The molecule has 0 spiro atoms. The number of hydrogen-bond donors (Lipinski definition) is 2. The summed E-state index contributed by atoms with van der Waals surface area (Å²) < 4.78 is 0. The summed E-state index contributed by atoms with van der Waals surface area (Å²) >= 11 is 0. The maximum absolute atomic E-state index is 9.19. The highest BCUT2D eigenvalue weighted by Gasteiger charge is 2.42. The predicted octanol–water partition coefficient (Wildman–Crippen LogP) is 1.54. The Morgan fingerprint density at radius 2 is 2.20 bits per heavy atom. The van der Waals surface area contributed by atoms with Crippen molar-refractivity contribution in [3.63, 3.8) is 0 Å². The molecular formula is C11H17N3O. The van der Waals surface area contributed by atoms with Gasteiger partial charge in [-0.05, 0) is 18.8 Å². The van der Waals surface area contributed by atoms with Gasteiger partial charge in [-0.25, -0.2) is 9.97 Å². The first kappa shape index (κ1) is 10.4. The molecule has 0 unspecified atom stereocenters. The average Bonchev–Trinajstić information content (AvgIpc) is 2.99. The van der Waals surface area contributed by atoms with E-state index < -0.39 is 0 Å². The molecule has 2 rings (SSSR count). The van der Waals surface area contributed by atoms with Gasteiger partial charge in [0.1, 0.15) is 12.1 Å². The van der Waals surface area contributed by atoms with E-state index in [4.69, 9.17) is 0 Å². The van der Waals surface area contributed by atoms with Gasteiger partial charge in [-0.15, -0.1) is 0 Å². The van der Waals surface area contributed by atoms with Gasteiger partial charge in [-0.3, -0.25) is 0 Å². The molecular weight excluding hydrogens is 190 g/mol. The number of rotatable bonds is 4. The van der Waals surface area contributed by atoms with E-state index in [1.54, 1.807) is 6.33 Å². The van der Waals surface area contributed by atoms with E-state index in [1.807, 2.05) is 6.07 Å². The molecule has 4 heteroatoms. The second kappa shape index (κ2) is 3.77. The fourth-order valence-corrected chi connectivity index (χ4v) is 1.50. The Kier molecular flexibility index (Phi) is 2.61. The second-order valence-corrected chi connectivity index (χ2v) is 4.55. The first-order valence-electron chi connectivity index (χ1n) is 5.36. The molecule has 1 aromatic rings. The number of aliphatic hydroxyl groups is 1. The number of nitrogens with one attached hydrogen (secondary N) is 1. The third kappa shape index (κ3) is 2.26. The molecule has 0 radical (unpaired) electrons. The van der Waals surface area contributed by atoms with Gasteiger partial charge in [-0.1, -0.05) is 13.8 Å². The van der Waals surface area contributed by atoms with Crippen molar-refractivity contribution in [2.75, 3.05) is 11.9 Å². The summed E-state index contributed by atoms with van der Waals surface area (Å²) in [5, 5.41) is 12.5. The highest BCUT2D eigenvalue weighted by atomic mass is 16.3. The molecule has 0 amide bonds. The van der Waals surface area contributed by atoms with E-state index in [2.05, 4.69) is 29.1 Å². The molecule has 0 aliphatic heterocycles.